The molecule has 2 heterocycles. The van der Waals surface area contributed by atoms with Gasteiger partial charge in [0.1, 0.15) is 0 Å². The van der Waals surface area contributed by atoms with Crippen LogP contribution in [-0.2, 0) is 11.3 Å². The monoisotopic (exact) mass is 306 g/mol. The summed E-state index contributed by atoms with van der Waals surface area (Å²) in [5.74, 6) is 0.208. The lowest BCUT2D eigenvalue weighted by Gasteiger charge is -2.39. The Balaban J connectivity index is 1.43. The number of hydrogen-bond donors (Lipinski definition) is 1. The lowest BCUT2D eigenvalue weighted by molar-refractivity contribution is -0.133. The number of carbonyl (C=O) groups excluding carboxylic acids is 1. The van der Waals surface area contributed by atoms with Crippen LogP contribution in [0.5, 0.6) is 0 Å². The van der Waals surface area contributed by atoms with Gasteiger partial charge in [0, 0.05) is 51.4 Å². The SMILES string of the molecule is Cc1cnn(CCC(=O)N2CCN([C@H]3CCC[C@H]3O)CC2)c1. The molecule has 6 heteroatoms. The van der Waals surface area contributed by atoms with Gasteiger partial charge in [-0.15, -0.1) is 0 Å². The van der Waals surface area contributed by atoms with Crippen molar-refractivity contribution in [1.29, 1.82) is 0 Å². The maximum Gasteiger partial charge on any atom is 0.224 e. The van der Waals surface area contributed by atoms with Crippen molar-refractivity contribution in [3.05, 3.63) is 18.0 Å². The second-order valence-corrected chi connectivity index (χ2v) is 6.51. The number of rotatable bonds is 4. The van der Waals surface area contributed by atoms with Gasteiger partial charge in [-0.05, 0) is 31.7 Å². The van der Waals surface area contributed by atoms with E-state index < -0.39 is 0 Å². The molecule has 1 aliphatic carbocycles. The first-order valence-electron chi connectivity index (χ1n) is 8.32. The Morgan fingerprint density at radius 2 is 2.09 bits per heavy atom. The Morgan fingerprint density at radius 1 is 1.32 bits per heavy atom. The molecule has 1 aromatic rings. The Bertz CT molecular complexity index is 508. The third-order valence-electron chi connectivity index (χ3n) is 4.90. The highest BCUT2D eigenvalue weighted by molar-refractivity contribution is 5.76. The van der Waals surface area contributed by atoms with Crippen LogP contribution in [0.4, 0.5) is 0 Å². The predicted octanol–water partition coefficient (Wildman–Crippen LogP) is 0.639. The fourth-order valence-electron chi connectivity index (χ4n) is 3.61. The smallest absolute Gasteiger partial charge is 0.224 e. The highest BCUT2D eigenvalue weighted by atomic mass is 16.3. The minimum absolute atomic E-state index is 0.176. The van der Waals surface area contributed by atoms with Crippen LogP contribution in [-0.4, -0.2) is 68.9 Å². The molecule has 1 saturated carbocycles. The first kappa shape index (κ1) is 15.5. The van der Waals surface area contributed by atoms with E-state index in [9.17, 15) is 9.90 Å². The molecule has 2 atom stereocenters. The fourth-order valence-corrected chi connectivity index (χ4v) is 3.61. The maximum atomic E-state index is 12.3. The van der Waals surface area contributed by atoms with Gasteiger partial charge in [-0.2, -0.15) is 5.10 Å². The van der Waals surface area contributed by atoms with Crippen molar-refractivity contribution < 1.29 is 9.90 Å². The molecule has 1 aromatic heterocycles. The van der Waals surface area contributed by atoms with Gasteiger partial charge in [0.15, 0.2) is 0 Å². The van der Waals surface area contributed by atoms with Gasteiger partial charge < -0.3 is 10.0 Å². The third-order valence-corrected chi connectivity index (χ3v) is 4.90. The molecule has 0 radical (unpaired) electrons. The number of aromatic nitrogens is 2. The van der Waals surface area contributed by atoms with Gasteiger partial charge in [-0.3, -0.25) is 14.4 Å². The van der Waals surface area contributed by atoms with Gasteiger partial charge in [-0.25, -0.2) is 0 Å². The van der Waals surface area contributed by atoms with Gasteiger partial charge in [0.25, 0.3) is 0 Å². The normalized spacial score (nSPS) is 26.5. The number of piperazine rings is 1. The standard InChI is InChI=1S/C16H26N4O2/c1-13-11-17-20(12-13)6-5-16(22)19-9-7-18(8-10-19)14-3-2-4-15(14)21/h11-12,14-15,21H,2-10H2,1H3/t14-,15+/m0/s1. The lowest BCUT2D eigenvalue weighted by Crippen LogP contribution is -2.53. The van der Waals surface area contributed by atoms with Crippen LogP contribution in [0.15, 0.2) is 12.4 Å². The number of amides is 1. The van der Waals surface area contributed by atoms with E-state index in [4.69, 9.17) is 0 Å². The highest BCUT2D eigenvalue weighted by Crippen LogP contribution is 2.25. The Kier molecular flexibility index (Phi) is 4.78. The molecule has 22 heavy (non-hydrogen) atoms. The predicted molar refractivity (Wildman–Crippen MR) is 83.4 cm³/mol. The minimum atomic E-state index is -0.176. The van der Waals surface area contributed by atoms with Crippen molar-refractivity contribution in [1.82, 2.24) is 19.6 Å². The van der Waals surface area contributed by atoms with E-state index in [2.05, 4.69) is 10.00 Å². The largest absolute Gasteiger partial charge is 0.391 e. The number of hydrogen-bond acceptors (Lipinski definition) is 4. The summed E-state index contributed by atoms with van der Waals surface area (Å²) >= 11 is 0. The second kappa shape index (κ2) is 6.79. The van der Waals surface area contributed by atoms with Gasteiger partial charge in [0.05, 0.1) is 12.3 Å². The maximum absolute atomic E-state index is 12.3. The average molecular weight is 306 g/mol. The Labute approximate surface area is 131 Å². The molecular formula is C16H26N4O2. The Morgan fingerprint density at radius 3 is 2.68 bits per heavy atom. The molecule has 0 unspecified atom stereocenters. The van der Waals surface area contributed by atoms with Crippen LogP contribution in [0.3, 0.4) is 0 Å². The second-order valence-electron chi connectivity index (χ2n) is 6.51. The van der Waals surface area contributed by atoms with Crippen molar-refractivity contribution in [3.63, 3.8) is 0 Å². The van der Waals surface area contributed by atoms with E-state index in [0.717, 1.165) is 51.0 Å². The summed E-state index contributed by atoms with van der Waals surface area (Å²) in [4.78, 5) is 16.6. The number of carbonyl (C=O) groups is 1. The zero-order valence-electron chi connectivity index (χ0n) is 13.3. The molecule has 1 aliphatic heterocycles. The topological polar surface area (TPSA) is 61.6 Å². The third kappa shape index (κ3) is 3.50. The first-order chi connectivity index (χ1) is 10.6. The number of nitrogens with zero attached hydrogens (tertiary/aromatic N) is 4. The molecule has 122 valence electrons. The summed E-state index contributed by atoms with van der Waals surface area (Å²) in [6.07, 6.45) is 7.25. The summed E-state index contributed by atoms with van der Waals surface area (Å²) in [6, 6.07) is 0.310. The summed E-state index contributed by atoms with van der Waals surface area (Å²) in [6.45, 7) is 5.97. The number of aryl methyl sites for hydroxylation is 2. The molecular weight excluding hydrogens is 280 g/mol. The van der Waals surface area contributed by atoms with E-state index in [1.165, 1.54) is 0 Å². The number of aliphatic hydroxyl groups excluding tert-OH is 1. The van der Waals surface area contributed by atoms with E-state index in [0.29, 0.717) is 19.0 Å². The minimum Gasteiger partial charge on any atom is -0.391 e. The van der Waals surface area contributed by atoms with E-state index in [1.807, 2.05) is 28.9 Å². The van der Waals surface area contributed by atoms with Gasteiger partial charge >= 0.3 is 0 Å². The molecule has 2 fully saturated rings. The first-order valence-corrected chi connectivity index (χ1v) is 8.32. The Hall–Kier alpha value is -1.40. The van der Waals surface area contributed by atoms with Crippen LogP contribution in [0.1, 0.15) is 31.2 Å². The van der Waals surface area contributed by atoms with Crippen LogP contribution in [0.25, 0.3) is 0 Å². The average Bonchev–Trinajstić information content (AvgIpc) is 3.13. The molecule has 6 nitrogen and oxygen atoms in total. The van der Waals surface area contributed by atoms with Crippen LogP contribution < -0.4 is 0 Å². The molecule has 0 bridgehead atoms. The van der Waals surface area contributed by atoms with Gasteiger partial charge in [-0.1, -0.05) is 0 Å². The molecule has 0 spiro atoms. The molecule has 2 aliphatic rings. The van der Waals surface area contributed by atoms with E-state index in [1.54, 1.807) is 0 Å². The molecule has 3 rings (SSSR count). The summed E-state index contributed by atoms with van der Waals surface area (Å²) < 4.78 is 1.83. The van der Waals surface area contributed by atoms with Crippen molar-refractivity contribution in [3.8, 4) is 0 Å². The van der Waals surface area contributed by atoms with Crippen LogP contribution >= 0.6 is 0 Å². The molecule has 1 saturated heterocycles. The summed E-state index contributed by atoms with van der Waals surface area (Å²) in [5.41, 5.74) is 1.12. The van der Waals surface area contributed by atoms with Crippen LogP contribution in [0, 0.1) is 6.92 Å². The van der Waals surface area contributed by atoms with Crippen molar-refractivity contribution >= 4 is 5.91 Å². The quantitative estimate of drug-likeness (QED) is 0.887. The summed E-state index contributed by atoms with van der Waals surface area (Å²) in [5, 5.41) is 14.2. The molecule has 0 aromatic carbocycles. The van der Waals surface area contributed by atoms with Crippen molar-refractivity contribution in [2.45, 2.75) is 51.3 Å². The van der Waals surface area contributed by atoms with Crippen molar-refractivity contribution in [2.75, 3.05) is 26.2 Å². The zero-order chi connectivity index (χ0) is 15.5. The molecule has 1 N–H and O–H groups in total. The summed E-state index contributed by atoms with van der Waals surface area (Å²) in [7, 11) is 0. The van der Waals surface area contributed by atoms with Crippen LogP contribution in [0.2, 0.25) is 0 Å². The highest BCUT2D eigenvalue weighted by Gasteiger charge is 2.33. The van der Waals surface area contributed by atoms with E-state index >= 15 is 0 Å². The van der Waals surface area contributed by atoms with E-state index in [-0.39, 0.29) is 12.0 Å². The number of aliphatic hydroxyl groups is 1. The van der Waals surface area contributed by atoms with Crippen molar-refractivity contribution in [2.24, 2.45) is 0 Å². The fraction of sp³-hybridized carbons (Fsp3) is 0.750. The zero-order valence-corrected chi connectivity index (χ0v) is 13.3. The lowest BCUT2D eigenvalue weighted by atomic mass is 10.1. The van der Waals surface area contributed by atoms with Gasteiger partial charge in [0.2, 0.25) is 5.91 Å². The molecule has 1 amide bonds.